The van der Waals surface area contributed by atoms with Crippen molar-refractivity contribution in [1.82, 2.24) is 9.97 Å². The molecule has 1 rings (SSSR count). The summed E-state index contributed by atoms with van der Waals surface area (Å²) in [6, 6.07) is 0. The van der Waals surface area contributed by atoms with Crippen molar-refractivity contribution in [1.29, 1.82) is 0 Å². The van der Waals surface area contributed by atoms with E-state index in [4.69, 9.17) is 4.74 Å². The molecule has 0 saturated carbocycles. The zero-order valence-corrected chi connectivity index (χ0v) is 10.9. The Balaban J connectivity index is 2.79. The largest absolute Gasteiger partial charge is 0.453 e. The first-order valence-corrected chi connectivity index (χ1v) is 5.87. The maximum absolute atomic E-state index is 11.5. The number of nitrogens with zero attached hydrogens (tertiary/aromatic N) is 1. The second-order valence-electron chi connectivity index (χ2n) is 4.46. The molecule has 4 heteroatoms. The fourth-order valence-corrected chi connectivity index (χ4v) is 1.41. The van der Waals surface area contributed by atoms with Crippen LogP contribution < -0.4 is 0 Å². The number of imidazole rings is 1. The number of ether oxygens (including phenoxy) is 1. The lowest BCUT2D eigenvalue weighted by molar-refractivity contribution is -0.144. The van der Waals surface area contributed by atoms with Gasteiger partial charge in [-0.25, -0.2) is 9.78 Å². The molecular weight excluding hydrogens is 216 g/mol. The lowest BCUT2D eigenvalue weighted by Gasteiger charge is -2.14. The predicted octanol–water partition coefficient (Wildman–Crippen LogP) is 3.10. The molecule has 17 heavy (non-hydrogen) atoms. The number of rotatable bonds is 5. The molecule has 0 aromatic carbocycles. The monoisotopic (exact) mass is 236 g/mol. The molecule has 1 aromatic heterocycles. The minimum absolute atomic E-state index is 0.279. The number of hydrogen-bond acceptors (Lipinski definition) is 3. The predicted molar refractivity (Wildman–Crippen MR) is 66.6 cm³/mol. The zero-order valence-electron chi connectivity index (χ0n) is 10.9. The van der Waals surface area contributed by atoms with Gasteiger partial charge in [0.25, 0.3) is 0 Å². The van der Waals surface area contributed by atoms with Crippen LogP contribution in [0.2, 0.25) is 0 Å². The molecule has 1 N–H and O–H groups in total. The van der Waals surface area contributed by atoms with E-state index in [0.717, 1.165) is 11.5 Å². The Hall–Kier alpha value is -1.58. The van der Waals surface area contributed by atoms with E-state index in [1.165, 1.54) is 0 Å². The van der Waals surface area contributed by atoms with Gasteiger partial charge in [-0.3, -0.25) is 0 Å². The molecular formula is C13H20N2O2. The molecule has 0 radical (unpaired) electrons. The Morgan fingerprint density at radius 3 is 2.65 bits per heavy atom. The number of carbonyl (C=O) groups is 1. The van der Waals surface area contributed by atoms with Gasteiger partial charge in [-0.2, -0.15) is 0 Å². The third kappa shape index (κ3) is 3.44. The van der Waals surface area contributed by atoms with Crippen molar-refractivity contribution in [3.63, 3.8) is 0 Å². The van der Waals surface area contributed by atoms with Crippen molar-refractivity contribution in [3.8, 4) is 0 Å². The van der Waals surface area contributed by atoms with E-state index in [1.54, 1.807) is 13.1 Å². The van der Waals surface area contributed by atoms with Crippen molar-refractivity contribution in [2.45, 2.75) is 46.1 Å². The summed E-state index contributed by atoms with van der Waals surface area (Å²) >= 11 is 0. The second kappa shape index (κ2) is 5.66. The van der Waals surface area contributed by atoms with Gasteiger partial charge in [0.2, 0.25) is 0 Å². The minimum Gasteiger partial charge on any atom is -0.453 e. The number of aromatic amines is 1. The summed E-state index contributed by atoms with van der Waals surface area (Å²) in [5.74, 6) is 0.875. The number of esters is 1. The second-order valence-corrected chi connectivity index (χ2v) is 4.46. The maximum Gasteiger partial charge on any atom is 0.333 e. The minimum atomic E-state index is -0.363. The van der Waals surface area contributed by atoms with Crippen LogP contribution in [0, 0.1) is 0 Å². The van der Waals surface area contributed by atoms with Gasteiger partial charge in [-0.1, -0.05) is 27.4 Å². The van der Waals surface area contributed by atoms with Crippen molar-refractivity contribution in [2.75, 3.05) is 0 Å². The summed E-state index contributed by atoms with van der Waals surface area (Å²) in [5, 5.41) is 0. The van der Waals surface area contributed by atoms with E-state index in [-0.39, 0.29) is 12.1 Å². The molecule has 1 atom stereocenters. The van der Waals surface area contributed by atoms with Crippen molar-refractivity contribution in [2.24, 2.45) is 0 Å². The summed E-state index contributed by atoms with van der Waals surface area (Å²) in [6.45, 7) is 11.3. The first kappa shape index (κ1) is 13.5. The summed E-state index contributed by atoms with van der Waals surface area (Å²) in [5.41, 5.74) is 1.25. The van der Waals surface area contributed by atoms with Crippen LogP contribution in [0.25, 0.3) is 0 Å². The van der Waals surface area contributed by atoms with Crippen LogP contribution in [0.4, 0.5) is 0 Å². The highest BCUT2D eigenvalue weighted by Gasteiger charge is 2.18. The van der Waals surface area contributed by atoms with Crippen LogP contribution in [0.3, 0.4) is 0 Å². The van der Waals surface area contributed by atoms with Gasteiger partial charge in [-0.15, -0.1) is 0 Å². The van der Waals surface area contributed by atoms with Crippen LogP contribution in [-0.4, -0.2) is 15.9 Å². The Morgan fingerprint density at radius 1 is 1.59 bits per heavy atom. The van der Waals surface area contributed by atoms with E-state index in [2.05, 4.69) is 30.4 Å². The molecule has 1 aromatic rings. The number of H-pyrrole nitrogens is 1. The van der Waals surface area contributed by atoms with Crippen LogP contribution in [-0.2, 0) is 9.53 Å². The lowest BCUT2D eigenvalue weighted by Crippen LogP contribution is -2.11. The lowest BCUT2D eigenvalue weighted by atomic mass is 10.2. The number of nitrogens with one attached hydrogen (secondary N) is 1. The Bertz CT molecular complexity index is 407. The molecule has 94 valence electrons. The van der Waals surface area contributed by atoms with Gasteiger partial charge in [0, 0.05) is 11.5 Å². The molecule has 0 amide bonds. The number of aromatic nitrogens is 2. The fraction of sp³-hybridized carbons (Fsp3) is 0.538. The van der Waals surface area contributed by atoms with E-state index < -0.39 is 0 Å². The molecule has 0 fully saturated rings. The quantitative estimate of drug-likeness (QED) is 0.631. The first-order valence-electron chi connectivity index (χ1n) is 5.87. The molecule has 0 aliphatic heterocycles. The van der Waals surface area contributed by atoms with Gasteiger partial charge in [-0.05, 0) is 13.3 Å². The Morgan fingerprint density at radius 2 is 2.24 bits per heavy atom. The van der Waals surface area contributed by atoms with Crippen LogP contribution >= 0.6 is 0 Å². The van der Waals surface area contributed by atoms with Crippen molar-refractivity contribution >= 4 is 5.97 Å². The van der Waals surface area contributed by atoms with E-state index in [9.17, 15) is 4.79 Å². The first-order chi connectivity index (χ1) is 7.95. The Kier molecular flexibility index (Phi) is 4.49. The third-order valence-electron chi connectivity index (χ3n) is 2.48. The molecule has 0 spiro atoms. The highest BCUT2D eigenvalue weighted by Crippen LogP contribution is 2.22. The molecule has 0 saturated heterocycles. The molecule has 0 aliphatic carbocycles. The zero-order chi connectivity index (χ0) is 13.0. The molecule has 4 nitrogen and oxygen atoms in total. The van der Waals surface area contributed by atoms with Crippen LogP contribution in [0.1, 0.15) is 57.7 Å². The van der Waals surface area contributed by atoms with Crippen molar-refractivity contribution in [3.05, 3.63) is 29.9 Å². The number of carbonyl (C=O) groups excluding carboxylic acids is 1. The topological polar surface area (TPSA) is 55.0 Å². The maximum atomic E-state index is 11.5. The summed E-state index contributed by atoms with van der Waals surface area (Å²) in [7, 11) is 0. The normalized spacial score (nSPS) is 12.5. The van der Waals surface area contributed by atoms with Crippen LogP contribution in [0.5, 0.6) is 0 Å². The van der Waals surface area contributed by atoms with E-state index in [1.807, 2.05) is 6.92 Å². The molecule has 0 aliphatic rings. The van der Waals surface area contributed by atoms with Gasteiger partial charge in [0.05, 0.1) is 11.9 Å². The fourth-order valence-electron chi connectivity index (χ4n) is 1.41. The molecule has 1 unspecified atom stereocenters. The highest BCUT2D eigenvalue weighted by molar-refractivity contribution is 5.87. The smallest absolute Gasteiger partial charge is 0.333 e. The molecule has 1 heterocycles. The summed E-state index contributed by atoms with van der Waals surface area (Å²) in [6.07, 6.45) is 2.16. The average Bonchev–Trinajstić information content (AvgIpc) is 2.74. The van der Waals surface area contributed by atoms with Gasteiger partial charge >= 0.3 is 5.97 Å². The van der Waals surface area contributed by atoms with E-state index in [0.29, 0.717) is 17.9 Å². The van der Waals surface area contributed by atoms with Gasteiger partial charge < -0.3 is 9.72 Å². The van der Waals surface area contributed by atoms with Gasteiger partial charge in [0.15, 0.2) is 0 Å². The summed E-state index contributed by atoms with van der Waals surface area (Å²) < 4.78 is 5.33. The summed E-state index contributed by atoms with van der Waals surface area (Å²) in [4.78, 5) is 18.9. The highest BCUT2D eigenvalue weighted by atomic mass is 16.5. The standard InChI is InChI=1S/C13H20N2O2/c1-6-11(17-13(16)9(4)5)10-7-14-12(15-10)8(2)3/h7-8,11H,4,6H2,1-3,5H3,(H,14,15). The van der Waals surface area contributed by atoms with Crippen molar-refractivity contribution < 1.29 is 9.53 Å². The Labute approximate surface area is 102 Å². The SMILES string of the molecule is C=C(C)C(=O)OC(CC)c1cnc(C(C)C)[nH]1. The number of hydrogen-bond donors (Lipinski definition) is 1. The van der Waals surface area contributed by atoms with E-state index >= 15 is 0 Å². The average molecular weight is 236 g/mol. The third-order valence-corrected chi connectivity index (χ3v) is 2.48. The molecule has 0 bridgehead atoms. The van der Waals surface area contributed by atoms with Gasteiger partial charge in [0.1, 0.15) is 11.9 Å². The van der Waals surface area contributed by atoms with Crippen LogP contribution in [0.15, 0.2) is 18.3 Å².